The number of para-hydroxylation sites is 2. The van der Waals surface area contributed by atoms with Crippen molar-refractivity contribution in [3.63, 3.8) is 0 Å². The summed E-state index contributed by atoms with van der Waals surface area (Å²) in [5, 5.41) is 2.95. The van der Waals surface area contributed by atoms with Crippen LogP contribution in [-0.2, 0) is 11.3 Å². The summed E-state index contributed by atoms with van der Waals surface area (Å²) in [6.45, 7) is 3.75. The fraction of sp³-hybridized carbons (Fsp3) is 0.211. The number of carbonyl (C=O) groups is 2. The summed E-state index contributed by atoms with van der Waals surface area (Å²) in [6, 6.07) is 14.5. The van der Waals surface area contributed by atoms with Gasteiger partial charge in [-0.05, 0) is 37.6 Å². The third kappa shape index (κ3) is 3.38. The molecular weight excluding hydrogens is 316 g/mol. The van der Waals surface area contributed by atoms with Crippen molar-refractivity contribution in [3.8, 4) is 0 Å². The van der Waals surface area contributed by atoms with E-state index >= 15 is 0 Å². The molecule has 0 bridgehead atoms. The van der Waals surface area contributed by atoms with Gasteiger partial charge in [0.25, 0.3) is 5.91 Å². The molecule has 0 aliphatic carbocycles. The van der Waals surface area contributed by atoms with Crippen molar-refractivity contribution in [1.82, 2.24) is 14.9 Å². The highest BCUT2D eigenvalue weighted by atomic mass is 16.2. The van der Waals surface area contributed by atoms with Crippen molar-refractivity contribution in [3.05, 3.63) is 65.5 Å². The van der Waals surface area contributed by atoms with Crippen molar-refractivity contribution in [2.75, 3.05) is 0 Å². The average Bonchev–Trinajstić information content (AvgIpc) is 2.93. The molecule has 25 heavy (non-hydrogen) atoms. The molecule has 0 fully saturated rings. The van der Waals surface area contributed by atoms with Gasteiger partial charge in [0.15, 0.2) is 0 Å². The van der Waals surface area contributed by atoms with Gasteiger partial charge >= 0.3 is 0 Å². The van der Waals surface area contributed by atoms with Crippen LogP contribution in [0.15, 0.2) is 48.5 Å². The fourth-order valence-electron chi connectivity index (χ4n) is 2.91. The molecule has 2 aromatic carbocycles. The molecule has 1 aromatic heterocycles. The number of hydrogen-bond acceptors (Lipinski definition) is 3. The number of hydrogen-bond donors (Lipinski definition) is 2. The standard InChI is InChI=1S/C19H20N4O2/c1-12-7-3-4-8-14(12)19(25)21-13(2)18-22-15-9-5-6-10-16(15)23(18)11-17(20)24/h3-10,13H,11H2,1-2H3,(H2,20,24)(H,21,25). The molecule has 6 heteroatoms. The lowest BCUT2D eigenvalue weighted by molar-refractivity contribution is -0.118. The van der Waals surface area contributed by atoms with Gasteiger partial charge in [-0.2, -0.15) is 0 Å². The summed E-state index contributed by atoms with van der Waals surface area (Å²) in [6.07, 6.45) is 0. The normalized spacial score (nSPS) is 12.1. The molecule has 0 saturated carbocycles. The number of amides is 2. The molecule has 3 N–H and O–H groups in total. The summed E-state index contributed by atoms with van der Waals surface area (Å²) < 4.78 is 1.75. The smallest absolute Gasteiger partial charge is 0.252 e. The van der Waals surface area contributed by atoms with E-state index in [1.54, 1.807) is 10.6 Å². The molecule has 0 spiro atoms. The Bertz CT molecular complexity index is 946. The number of nitrogens with zero attached hydrogens (tertiary/aromatic N) is 2. The highest BCUT2D eigenvalue weighted by molar-refractivity contribution is 5.95. The lowest BCUT2D eigenvalue weighted by Crippen LogP contribution is -2.30. The highest BCUT2D eigenvalue weighted by Gasteiger charge is 2.20. The molecule has 0 saturated heterocycles. The van der Waals surface area contributed by atoms with Crippen LogP contribution >= 0.6 is 0 Å². The minimum Gasteiger partial charge on any atom is -0.368 e. The maximum Gasteiger partial charge on any atom is 0.252 e. The zero-order chi connectivity index (χ0) is 18.0. The second-order valence-electron chi connectivity index (χ2n) is 6.02. The summed E-state index contributed by atoms with van der Waals surface area (Å²) >= 11 is 0. The van der Waals surface area contributed by atoms with Crippen LogP contribution < -0.4 is 11.1 Å². The number of benzene rings is 2. The van der Waals surface area contributed by atoms with E-state index in [9.17, 15) is 9.59 Å². The van der Waals surface area contributed by atoms with E-state index in [0.717, 1.165) is 16.6 Å². The number of carbonyl (C=O) groups excluding carboxylic acids is 2. The minimum atomic E-state index is -0.457. The maximum absolute atomic E-state index is 12.6. The van der Waals surface area contributed by atoms with Crippen LogP contribution in [0.5, 0.6) is 0 Å². The van der Waals surface area contributed by atoms with Crippen molar-refractivity contribution in [1.29, 1.82) is 0 Å². The molecule has 3 aromatic rings. The number of nitrogens with one attached hydrogen (secondary N) is 1. The number of nitrogens with two attached hydrogens (primary N) is 1. The Kier molecular flexibility index (Phi) is 4.52. The first-order chi connectivity index (χ1) is 12.0. The molecule has 1 unspecified atom stereocenters. The number of imidazole rings is 1. The van der Waals surface area contributed by atoms with E-state index in [4.69, 9.17) is 5.73 Å². The van der Waals surface area contributed by atoms with Crippen molar-refractivity contribution in [2.45, 2.75) is 26.4 Å². The second kappa shape index (κ2) is 6.76. The third-order valence-corrected chi connectivity index (χ3v) is 4.12. The molecule has 3 rings (SSSR count). The van der Waals surface area contributed by atoms with Crippen LogP contribution in [0.1, 0.15) is 34.7 Å². The predicted molar refractivity (Wildman–Crippen MR) is 96.0 cm³/mol. The van der Waals surface area contributed by atoms with Gasteiger partial charge in [-0.1, -0.05) is 30.3 Å². The van der Waals surface area contributed by atoms with Gasteiger partial charge in [-0.3, -0.25) is 9.59 Å². The molecule has 0 radical (unpaired) electrons. The fourth-order valence-corrected chi connectivity index (χ4v) is 2.91. The van der Waals surface area contributed by atoms with E-state index in [2.05, 4.69) is 10.3 Å². The van der Waals surface area contributed by atoms with E-state index in [1.807, 2.05) is 56.3 Å². The van der Waals surface area contributed by atoms with Crippen LogP contribution in [0.2, 0.25) is 0 Å². The first-order valence-corrected chi connectivity index (χ1v) is 8.07. The summed E-state index contributed by atoms with van der Waals surface area (Å²) in [5.74, 6) is -0.0351. The minimum absolute atomic E-state index is 0.0143. The molecule has 1 atom stereocenters. The van der Waals surface area contributed by atoms with E-state index < -0.39 is 5.91 Å². The Balaban J connectivity index is 1.94. The second-order valence-corrected chi connectivity index (χ2v) is 6.02. The lowest BCUT2D eigenvalue weighted by Gasteiger charge is -2.16. The first-order valence-electron chi connectivity index (χ1n) is 8.07. The van der Waals surface area contributed by atoms with Crippen LogP contribution in [0.3, 0.4) is 0 Å². The molecular formula is C19H20N4O2. The SMILES string of the molecule is Cc1ccccc1C(=O)NC(C)c1nc2ccccc2n1CC(N)=O. The van der Waals surface area contributed by atoms with Gasteiger partial charge in [0, 0.05) is 5.56 Å². The van der Waals surface area contributed by atoms with Gasteiger partial charge in [-0.15, -0.1) is 0 Å². The third-order valence-electron chi connectivity index (χ3n) is 4.12. The van der Waals surface area contributed by atoms with Gasteiger partial charge in [0.05, 0.1) is 17.1 Å². The molecule has 1 heterocycles. The van der Waals surface area contributed by atoms with Crippen LogP contribution in [0, 0.1) is 6.92 Å². The zero-order valence-electron chi connectivity index (χ0n) is 14.2. The quantitative estimate of drug-likeness (QED) is 0.749. The van der Waals surface area contributed by atoms with Crippen molar-refractivity contribution < 1.29 is 9.59 Å². The van der Waals surface area contributed by atoms with E-state index in [0.29, 0.717) is 11.4 Å². The number of aryl methyl sites for hydroxylation is 1. The van der Waals surface area contributed by atoms with Crippen LogP contribution in [0.4, 0.5) is 0 Å². The zero-order valence-corrected chi connectivity index (χ0v) is 14.2. The highest BCUT2D eigenvalue weighted by Crippen LogP contribution is 2.21. The van der Waals surface area contributed by atoms with Gasteiger partial charge in [-0.25, -0.2) is 4.98 Å². The van der Waals surface area contributed by atoms with Gasteiger partial charge in [0.1, 0.15) is 12.4 Å². The summed E-state index contributed by atoms with van der Waals surface area (Å²) in [4.78, 5) is 28.6. The van der Waals surface area contributed by atoms with Crippen LogP contribution in [-0.4, -0.2) is 21.4 Å². The molecule has 0 aliphatic rings. The predicted octanol–water partition coefficient (Wildman–Crippen LogP) is 2.32. The molecule has 128 valence electrons. The Labute approximate surface area is 145 Å². The maximum atomic E-state index is 12.6. The van der Waals surface area contributed by atoms with E-state index in [1.165, 1.54) is 0 Å². The lowest BCUT2D eigenvalue weighted by atomic mass is 10.1. The number of rotatable bonds is 5. The van der Waals surface area contributed by atoms with Crippen LogP contribution in [0.25, 0.3) is 11.0 Å². The average molecular weight is 336 g/mol. The Morgan fingerprint density at radius 1 is 1.16 bits per heavy atom. The van der Waals surface area contributed by atoms with Gasteiger partial charge < -0.3 is 15.6 Å². The molecule has 6 nitrogen and oxygen atoms in total. The number of aromatic nitrogens is 2. The summed E-state index contributed by atoms with van der Waals surface area (Å²) in [5.41, 5.74) is 8.47. The number of fused-ring (bicyclic) bond motifs is 1. The van der Waals surface area contributed by atoms with Crippen molar-refractivity contribution in [2.24, 2.45) is 5.73 Å². The van der Waals surface area contributed by atoms with Crippen molar-refractivity contribution >= 4 is 22.8 Å². The Hall–Kier alpha value is -3.15. The van der Waals surface area contributed by atoms with Gasteiger partial charge in [0.2, 0.25) is 5.91 Å². The molecule has 2 amide bonds. The first kappa shape index (κ1) is 16.7. The monoisotopic (exact) mass is 336 g/mol. The Morgan fingerprint density at radius 2 is 1.84 bits per heavy atom. The Morgan fingerprint density at radius 3 is 2.56 bits per heavy atom. The topological polar surface area (TPSA) is 90.0 Å². The summed E-state index contributed by atoms with van der Waals surface area (Å²) in [7, 11) is 0. The van der Waals surface area contributed by atoms with E-state index in [-0.39, 0.29) is 18.5 Å². The largest absolute Gasteiger partial charge is 0.368 e. The molecule has 0 aliphatic heterocycles. The number of primary amides is 1.